The molecule has 1 aliphatic rings. The molecule has 0 aliphatic carbocycles. The van der Waals surface area contributed by atoms with E-state index in [1.54, 1.807) is 0 Å². The van der Waals surface area contributed by atoms with Crippen molar-refractivity contribution in [1.29, 1.82) is 0 Å². The summed E-state index contributed by atoms with van der Waals surface area (Å²) < 4.78 is 30.5. The Morgan fingerprint density at radius 1 is 1.47 bits per heavy atom. The number of rotatable bonds is 7. The van der Waals surface area contributed by atoms with Crippen LogP contribution >= 0.6 is 0 Å². The van der Waals surface area contributed by atoms with E-state index < -0.39 is 10.0 Å². The minimum absolute atomic E-state index is 0.130. The summed E-state index contributed by atoms with van der Waals surface area (Å²) in [6.07, 6.45) is 2.42. The van der Waals surface area contributed by atoms with Crippen molar-refractivity contribution in [2.24, 2.45) is 11.7 Å². The zero-order chi connectivity index (χ0) is 11.1. The van der Waals surface area contributed by atoms with Gasteiger partial charge in [-0.3, -0.25) is 0 Å². The number of nitrogens with two attached hydrogens (primary N) is 1. The van der Waals surface area contributed by atoms with Gasteiger partial charge < -0.3 is 10.5 Å². The third-order valence-corrected chi connectivity index (χ3v) is 3.99. The Bertz CT molecular complexity index is 261. The van der Waals surface area contributed by atoms with Crippen molar-refractivity contribution < 1.29 is 13.2 Å². The highest BCUT2D eigenvalue weighted by Crippen LogP contribution is 2.15. The minimum Gasteiger partial charge on any atom is -0.381 e. The Kier molecular flexibility index (Phi) is 5.52. The highest BCUT2D eigenvalue weighted by atomic mass is 32.2. The monoisotopic (exact) mass is 236 g/mol. The van der Waals surface area contributed by atoms with E-state index >= 15 is 0 Å². The first kappa shape index (κ1) is 12.9. The van der Waals surface area contributed by atoms with Crippen molar-refractivity contribution in [3.63, 3.8) is 0 Å². The van der Waals surface area contributed by atoms with Crippen LogP contribution in [0.15, 0.2) is 0 Å². The predicted molar refractivity (Wildman–Crippen MR) is 59.0 cm³/mol. The van der Waals surface area contributed by atoms with Crippen molar-refractivity contribution in [2.75, 3.05) is 32.1 Å². The van der Waals surface area contributed by atoms with E-state index in [1.165, 1.54) is 0 Å². The van der Waals surface area contributed by atoms with Crippen molar-refractivity contribution >= 4 is 10.0 Å². The molecule has 6 heteroatoms. The second kappa shape index (κ2) is 6.42. The maximum Gasteiger partial charge on any atom is 0.211 e. The number of hydrogen-bond acceptors (Lipinski definition) is 4. The third kappa shape index (κ3) is 5.46. The lowest BCUT2D eigenvalue weighted by Gasteiger charge is -2.08. The smallest absolute Gasteiger partial charge is 0.211 e. The quantitative estimate of drug-likeness (QED) is 0.635. The Hall–Kier alpha value is -0.170. The van der Waals surface area contributed by atoms with Gasteiger partial charge in [-0.25, -0.2) is 13.1 Å². The molecule has 0 aromatic rings. The van der Waals surface area contributed by atoms with Crippen LogP contribution in [0.1, 0.15) is 19.3 Å². The molecule has 3 N–H and O–H groups in total. The van der Waals surface area contributed by atoms with Gasteiger partial charge in [0, 0.05) is 19.8 Å². The van der Waals surface area contributed by atoms with Crippen LogP contribution in [-0.2, 0) is 14.8 Å². The molecule has 1 aliphatic heterocycles. The molecule has 0 saturated carbocycles. The molecule has 0 spiro atoms. The maximum atomic E-state index is 11.4. The average Bonchev–Trinajstić information content (AvgIpc) is 2.67. The zero-order valence-corrected chi connectivity index (χ0v) is 9.76. The fourth-order valence-electron chi connectivity index (χ4n) is 1.58. The van der Waals surface area contributed by atoms with E-state index in [-0.39, 0.29) is 5.75 Å². The van der Waals surface area contributed by atoms with Crippen LogP contribution in [0.5, 0.6) is 0 Å². The molecule has 1 unspecified atom stereocenters. The highest BCUT2D eigenvalue weighted by Gasteiger charge is 2.16. The molecule has 0 radical (unpaired) electrons. The lowest BCUT2D eigenvalue weighted by Crippen LogP contribution is -2.29. The van der Waals surface area contributed by atoms with Gasteiger partial charge >= 0.3 is 0 Å². The molecule has 1 saturated heterocycles. The predicted octanol–water partition coefficient (Wildman–Crippen LogP) is -0.319. The van der Waals surface area contributed by atoms with Gasteiger partial charge in [-0.1, -0.05) is 0 Å². The molecule has 5 nitrogen and oxygen atoms in total. The molecular weight excluding hydrogens is 216 g/mol. The molecule has 1 heterocycles. The molecule has 1 rings (SSSR count). The third-order valence-electron chi connectivity index (χ3n) is 2.52. The van der Waals surface area contributed by atoms with Crippen LogP contribution in [0.25, 0.3) is 0 Å². The fourth-order valence-corrected chi connectivity index (χ4v) is 2.69. The SMILES string of the molecule is NCCCS(=O)(=O)NCCC1CCOC1. The first-order valence-electron chi connectivity index (χ1n) is 5.39. The summed E-state index contributed by atoms with van der Waals surface area (Å²) in [6, 6.07) is 0. The topological polar surface area (TPSA) is 81.4 Å². The molecule has 90 valence electrons. The molecule has 1 atom stereocenters. The standard InChI is InChI=1S/C9H20N2O3S/c10-4-1-7-15(12,13)11-5-2-9-3-6-14-8-9/h9,11H,1-8,10H2. The largest absolute Gasteiger partial charge is 0.381 e. The molecule has 0 amide bonds. The first-order valence-corrected chi connectivity index (χ1v) is 7.04. The van der Waals surface area contributed by atoms with Crippen LogP contribution < -0.4 is 10.5 Å². The van der Waals surface area contributed by atoms with Crippen molar-refractivity contribution in [2.45, 2.75) is 19.3 Å². The van der Waals surface area contributed by atoms with Crippen LogP contribution in [0.3, 0.4) is 0 Å². The van der Waals surface area contributed by atoms with Crippen molar-refractivity contribution in [3.05, 3.63) is 0 Å². The van der Waals surface area contributed by atoms with E-state index in [0.29, 0.717) is 25.4 Å². The Labute approximate surface area is 91.4 Å². The van der Waals surface area contributed by atoms with Gasteiger partial charge in [0.25, 0.3) is 0 Å². The van der Waals surface area contributed by atoms with Gasteiger partial charge in [-0.05, 0) is 31.7 Å². The number of sulfonamides is 1. The molecule has 0 bridgehead atoms. The lowest BCUT2D eigenvalue weighted by molar-refractivity contribution is 0.184. The average molecular weight is 236 g/mol. The second-order valence-electron chi connectivity index (χ2n) is 3.87. The summed E-state index contributed by atoms with van der Waals surface area (Å²) in [5.74, 6) is 0.646. The molecular formula is C9H20N2O3S. The maximum absolute atomic E-state index is 11.4. The first-order chi connectivity index (χ1) is 7.14. The van der Waals surface area contributed by atoms with E-state index in [9.17, 15) is 8.42 Å². The molecule has 0 aromatic heterocycles. The number of nitrogens with one attached hydrogen (secondary N) is 1. The summed E-state index contributed by atoms with van der Waals surface area (Å²) in [4.78, 5) is 0. The van der Waals surface area contributed by atoms with Crippen LogP contribution in [-0.4, -0.2) is 40.5 Å². The number of ether oxygens (including phenoxy) is 1. The summed E-state index contributed by atoms with van der Waals surface area (Å²) in [6.45, 7) is 2.51. The van der Waals surface area contributed by atoms with E-state index in [0.717, 1.165) is 26.1 Å². The molecule has 0 aromatic carbocycles. The minimum atomic E-state index is -3.11. The van der Waals surface area contributed by atoms with Crippen LogP contribution in [0.4, 0.5) is 0 Å². The van der Waals surface area contributed by atoms with Gasteiger partial charge in [-0.2, -0.15) is 0 Å². The van der Waals surface area contributed by atoms with Gasteiger partial charge in [0.2, 0.25) is 10.0 Å². The summed E-state index contributed by atoms with van der Waals surface area (Å²) in [5.41, 5.74) is 5.26. The summed E-state index contributed by atoms with van der Waals surface area (Å²) in [5, 5.41) is 0. The Morgan fingerprint density at radius 2 is 2.27 bits per heavy atom. The highest BCUT2D eigenvalue weighted by molar-refractivity contribution is 7.89. The molecule has 1 fully saturated rings. The van der Waals surface area contributed by atoms with E-state index in [1.807, 2.05) is 0 Å². The zero-order valence-electron chi connectivity index (χ0n) is 8.94. The van der Waals surface area contributed by atoms with Gasteiger partial charge in [0.15, 0.2) is 0 Å². The Morgan fingerprint density at radius 3 is 2.87 bits per heavy atom. The normalized spacial score (nSPS) is 22.1. The number of hydrogen-bond donors (Lipinski definition) is 2. The summed E-state index contributed by atoms with van der Waals surface area (Å²) >= 11 is 0. The second-order valence-corrected chi connectivity index (χ2v) is 5.80. The van der Waals surface area contributed by atoms with Crippen molar-refractivity contribution in [3.8, 4) is 0 Å². The van der Waals surface area contributed by atoms with Gasteiger partial charge in [0.1, 0.15) is 0 Å². The Balaban J connectivity index is 2.12. The van der Waals surface area contributed by atoms with Gasteiger partial charge in [-0.15, -0.1) is 0 Å². The lowest BCUT2D eigenvalue weighted by atomic mass is 10.1. The van der Waals surface area contributed by atoms with Crippen LogP contribution in [0.2, 0.25) is 0 Å². The fraction of sp³-hybridized carbons (Fsp3) is 1.00. The van der Waals surface area contributed by atoms with E-state index in [2.05, 4.69) is 4.72 Å². The van der Waals surface area contributed by atoms with Crippen LogP contribution in [0, 0.1) is 5.92 Å². The van der Waals surface area contributed by atoms with Gasteiger partial charge in [0.05, 0.1) is 5.75 Å². The summed E-state index contributed by atoms with van der Waals surface area (Å²) in [7, 11) is -3.11. The molecule has 15 heavy (non-hydrogen) atoms. The van der Waals surface area contributed by atoms with E-state index in [4.69, 9.17) is 10.5 Å². The van der Waals surface area contributed by atoms with Crippen molar-refractivity contribution in [1.82, 2.24) is 4.72 Å².